The number of para-hydroxylation sites is 1. The molecule has 3 N–H and O–H groups in total. The minimum atomic E-state index is -0.472. The van der Waals surface area contributed by atoms with Gasteiger partial charge < -0.3 is 20.5 Å². The van der Waals surface area contributed by atoms with Crippen molar-refractivity contribution in [2.75, 3.05) is 11.9 Å². The van der Waals surface area contributed by atoms with E-state index in [1.165, 1.54) is 18.2 Å². The highest BCUT2D eigenvalue weighted by molar-refractivity contribution is 6.32. The Morgan fingerprint density at radius 1 is 0.861 bits per heavy atom. The lowest BCUT2D eigenvalue weighted by molar-refractivity contribution is 0.0952. The van der Waals surface area contributed by atoms with E-state index in [0.717, 1.165) is 5.56 Å². The molecule has 0 heterocycles. The molecule has 0 fully saturated rings. The van der Waals surface area contributed by atoms with Crippen molar-refractivity contribution in [3.63, 3.8) is 0 Å². The van der Waals surface area contributed by atoms with Crippen LogP contribution >= 0.6 is 11.6 Å². The second kappa shape index (κ2) is 11.4. The van der Waals surface area contributed by atoms with E-state index in [1.807, 2.05) is 67.6 Å². The van der Waals surface area contributed by atoms with Crippen LogP contribution in [0.5, 0.6) is 17.2 Å². The van der Waals surface area contributed by atoms with Gasteiger partial charge in [0.2, 0.25) is 0 Å². The smallest absolute Gasteiger partial charge is 0.255 e. The lowest BCUT2D eigenvalue weighted by atomic mass is 10.0. The predicted octanol–water partition coefficient (Wildman–Crippen LogP) is 6.62. The van der Waals surface area contributed by atoms with Crippen LogP contribution in [-0.2, 0) is 0 Å². The molecule has 1 atom stereocenters. The Kier molecular flexibility index (Phi) is 7.88. The summed E-state index contributed by atoms with van der Waals surface area (Å²) in [5.41, 5.74) is 1.92. The van der Waals surface area contributed by atoms with Crippen LogP contribution in [0.1, 0.15) is 39.1 Å². The molecule has 0 spiro atoms. The van der Waals surface area contributed by atoms with Crippen LogP contribution in [0.15, 0.2) is 97.1 Å². The molecule has 1 unspecified atom stereocenters. The molecule has 4 rings (SSSR count). The third kappa shape index (κ3) is 6.23. The van der Waals surface area contributed by atoms with Crippen LogP contribution in [0.3, 0.4) is 0 Å². The summed E-state index contributed by atoms with van der Waals surface area (Å²) in [6.45, 7) is 2.44. The Labute approximate surface area is 214 Å². The predicted molar refractivity (Wildman–Crippen MR) is 141 cm³/mol. The Hall–Kier alpha value is -4.29. The molecule has 6 nitrogen and oxygen atoms in total. The van der Waals surface area contributed by atoms with Crippen LogP contribution in [-0.4, -0.2) is 23.5 Å². The maximum absolute atomic E-state index is 13.3. The Morgan fingerprint density at radius 2 is 1.56 bits per heavy atom. The van der Waals surface area contributed by atoms with E-state index in [9.17, 15) is 14.7 Å². The summed E-state index contributed by atoms with van der Waals surface area (Å²) < 4.78 is 5.90. The van der Waals surface area contributed by atoms with Crippen LogP contribution in [0.4, 0.5) is 5.69 Å². The molecule has 36 heavy (non-hydrogen) atoms. The number of hydrogen-bond donors (Lipinski definition) is 3. The molecule has 0 aromatic heterocycles. The number of anilines is 1. The molecule has 0 aliphatic heterocycles. The number of nitrogens with one attached hydrogen (secondary N) is 2. The van der Waals surface area contributed by atoms with Crippen molar-refractivity contribution in [1.82, 2.24) is 5.32 Å². The largest absolute Gasteiger partial charge is 0.506 e. The molecule has 0 aliphatic rings. The quantitative estimate of drug-likeness (QED) is 0.253. The van der Waals surface area contributed by atoms with Gasteiger partial charge in [0.15, 0.2) is 0 Å². The number of phenolic OH excluding ortho intramolecular Hbond substituents is 1. The van der Waals surface area contributed by atoms with E-state index in [2.05, 4.69) is 10.6 Å². The fourth-order valence-corrected chi connectivity index (χ4v) is 3.77. The minimum Gasteiger partial charge on any atom is -0.506 e. The van der Waals surface area contributed by atoms with Gasteiger partial charge in [-0.1, -0.05) is 67.1 Å². The molecule has 0 radical (unpaired) electrons. The van der Waals surface area contributed by atoms with Crippen LogP contribution in [0.25, 0.3) is 0 Å². The number of amides is 2. The standard InChI is InChI=1S/C29H25ClN2O4/c1-19(20-8-4-2-5-9-20)18-31-29(35)24-17-23(36-22-10-6-3-7-11-22)13-14-26(24)32-28(34)21-12-15-27(33)25(30)16-21/h2-17,19,33H,18H2,1H3,(H,31,35)(H,32,34). The number of halogens is 1. The molecule has 2 amide bonds. The number of carbonyl (C=O) groups excluding carboxylic acids is 2. The van der Waals surface area contributed by atoms with E-state index in [-0.39, 0.29) is 33.7 Å². The normalized spacial score (nSPS) is 11.4. The zero-order valence-corrected chi connectivity index (χ0v) is 20.3. The summed E-state index contributed by atoms with van der Waals surface area (Å²) in [6.07, 6.45) is 0. The fourth-order valence-electron chi connectivity index (χ4n) is 3.59. The Balaban J connectivity index is 1.57. The summed E-state index contributed by atoms with van der Waals surface area (Å²) in [5.74, 6) is 0.222. The second-order valence-electron chi connectivity index (χ2n) is 8.26. The summed E-state index contributed by atoms with van der Waals surface area (Å²) >= 11 is 5.95. The van der Waals surface area contributed by atoms with Gasteiger partial charge in [0, 0.05) is 12.1 Å². The molecule has 0 aliphatic carbocycles. The van der Waals surface area contributed by atoms with E-state index in [1.54, 1.807) is 18.2 Å². The number of hydrogen-bond acceptors (Lipinski definition) is 4. The lowest BCUT2D eigenvalue weighted by Crippen LogP contribution is -2.28. The van der Waals surface area contributed by atoms with Crippen molar-refractivity contribution in [2.45, 2.75) is 12.8 Å². The van der Waals surface area contributed by atoms with Gasteiger partial charge in [-0.3, -0.25) is 9.59 Å². The van der Waals surface area contributed by atoms with Gasteiger partial charge in [0.05, 0.1) is 16.3 Å². The topological polar surface area (TPSA) is 87.7 Å². The lowest BCUT2D eigenvalue weighted by Gasteiger charge is -2.16. The third-order valence-electron chi connectivity index (χ3n) is 5.61. The molecule has 4 aromatic carbocycles. The van der Waals surface area contributed by atoms with Crippen molar-refractivity contribution in [3.05, 3.63) is 119 Å². The monoisotopic (exact) mass is 500 g/mol. The summed E-state index contributed by atoms with van der Waals surface area (Å²) in [7, 11) is 0. The van der Waals surface area contributed by atoms with Crippen molar-refractivity contribution in [1.29, 1.82) is 0 Å². The highest BCUT2D eigenvalue weighted by Gasteiger charge is 2.18. The highest BCUT2D eigenvalue weighted by atomic mass is 35.5. The SMILES string of the molecule is CC(CNC(=O)c1cc(Oc2ccccc2)ccc1NC(=O)c1ccc(O)c(Cl)c1)c1ccccc1. The van der Waals surface area contributed by atoms with Crippen molar-refractivity contribution in [2.24, 2.45) is 0 Å². The highest BCUT2D eigenvalue weighted by Crippen LogP contribution is 2.28. The first-order valence-electron chi connectivity index (χ1n) is 11.4. The first-order chi connectivity index (χ1) is 17.4. The number of phenols is 1. The summed E-state index contributed by atoms with van der Waals surface area (Å²) in [6, 6.07) is 28.1. The number of rotatable bonds is 8. The van der Waals surface area contributed by atoms with E-state index in [4.69, 9.17) is 16.3 Å². The number of ether oxygens (including phenoxy) is 1. The molecular formula is C29H25ClN2O4. The van der Waals surface area contributed by atoms with Gasteiger partial charge in [-0.25, -0.2) is 0 Å². The fraction of sp³-hybridized carbons (Fsp3) is 0.103. The average molecular weight is 501 g/mol. The van der Waals surface area contributed by atoms with Crippen molar-refractivity contribution < 1.29 is 19.4 Å². The molecule has 0 bridgehead atoms. The average Bonchev–Trinajstić information content (AvgIpc) is 2.90. The first kappa shape index (κ1) is 24.8. The summed E-state index contributed by atoms with van der Waals surface area (Å²) in [5, 5.41) is 15.4. The molecule has 0 saturated heterocycles. The van der Waals surface area contributed by atoms with Crippen molar-refractivity contribution >= 4 is 29.1 Å². The maximum Gasteiger partial charge on any atom is 0.255 e. The van der Waals surface area contributed by atoms with Crippen LogP contribution in [0.2, 0.25) is 5.02 Å². The van der Waals surface area contributed by atoms with Gasteiger partial charge in [-0.2, -0.15) is 0 Å². The minimum absolute atomic E-state index is 0.0575. The Morgan fingerprint density at radius 3 is 2.25 bits per heavy atom. The van der Waals surface area contributed by atoms with Gasteiger partial charge >= 0.3 is 0 Å². The second-order valence-corrected chi connectivity index (χ2v) is 8.67. The molecule has 0 saturated carbocycles. The summed E-state index contributed by atoms with van der Waals surface area (Å²) in [4.78, 5) is 26.1. The zero-order valence-electron chi connectivity index (χ0n) is 19.6. The maximum atomic E-state index is 13.3. The van der Waals surface area contributed by atoms with Gasteiger partial charge in [-0.15, -0.1) is 0 Å². The van der Waals surface area contributed by atoms with Gasteiger partial charge in [0.1, 0.15) is 17.2 Å². The third-order valence-corrected chi connectivity index (χ3v) is 5.91. The number of carbonyl (C=O) groups is 2. The molecule has 182 valence electrons. The Bertz CT molecular complexity index is 1360. The van der Waals surface area contributed by atoms with Crippen molar-refractivity contribution in [3.8, 4) is 17.2 Å². The number of aromatic hydroxyl groups is 1. The molecular weight excluding hydrogens is 476 g/mol. The van der Waals surface area contributed by atoms with Crippen LogP contribution in [0, 0.1) is 0 Å². The van der Waals surface area contributed by atoms with Gasteiger partial charge in [-0.05, 0) is 60.0 Å². The first-order valence-corrected chi connectivity index (χ1v) is 11.8. The van der Waals surface area contributed by atoms with E-state index >= 15 is 0 Å². The number of benzene rings is 4. The van der Waals surface area contributed by atoms with E-state index in [0.29, 0.717) is 23.7 Å². The van der Waals surface area contributed by atoms with E-state index < -0.39 is 5.91 Å². The zero-order chi connectivity index (χ0) is 25.5. The van der Waals surface area contributed by atoms with Crippen LogP contribution < -0.4 is 15.4 Å². The van der Waals surface area contributed by atoms with Gasteiger partial charge in [0.25, 0.3) is 11.8 Å². The molecule has 4 aromatic rings. The molecule has 7 heteroatoms.